The summed E-state index contributed by atoms with van der Waals surface area (Å²) in [7, 11) is 0. The van der Waals surface area contributed by atoms with E-state index in [0.29, 0.717) is 0 Å². The maximum atomic E-state index is 13.7. The number of halogens is 1. The molecule has 1 fully saturated rings. The SMILES string of the molecule is CSc1ccc(CN2CCNCC2)c(F)c1. The first kappa shape index (κ1) is 11.9. The zero-order valence-electron chi connectivity index (χ0n) is 9.50. The Kier molecular flexibility index (Phi) is 4.21. The maximum Gasteiger partial charge on any atom is 0.128 e. The van der Waals surface area contributed by atoms with E-state index in [1.165, 1.54) is 0 Å². The quantitative estimate of drug-likeness (QED) is 0.813. The van der Waals surface area contributed by atoms with Crippen molar-refractivity contribution in [2.75, 3.05) is 32.4 Å². The van der Waals surface area contributed by atoms with Crippen LogP contribution in [0, 0.1) is 5.82 Å². The zero-order valence-corrected chi connectivity index (χ0v) is 10.3. The molecule has 1 aromatic carbocycles. The highest BCUT2D eigenvalue weighted by atomic mass is 32.2. The predicted octanol–water partition coefficient (Wildman–Crippen LogP) is 1.95. The Hall–Kier alpha value is -0.580. The van der Waals surface area contributed by atoms with Crippen LogP contribution in [0.15, 0.2) is 23.1 Å². The Balaban J connectivity index is 2.03. The summed E-state index contributed by atoms with van der Waals surface area (Å²) in [6, 6.07) is 5.52. The lowest BCUT2D eigenvalue weighted by Crippen LogP contribution is -2.43. The van der Waals surface area contributed by atoms with Crippen molar-refractivity contribution in [3.05, 3.63) is 29.6 Å². The van der Waals surface area contributed by atoms with E-state index in [1.807, 2.05) is 18.4 Å². The van der Waals surface area contributed by atoms with Gasteiger partial charge >= 0.3 is 0 Å². The summed E-state index contributed by atoms with van der Waals surface area (Å²) in [5.41, 5.74) is 0.805. The second kappa shape index (κ2) is 5.66. The molecular formula is C12H17FN2S. The Bertz CT molecular complexity index is 351. The Morgan fingerprint density at radius 1 is 1.38 bits per heavy atom. The predicted molar refractivity (Wildman–Crippen MR) is 66.3 cm³/mol. The molecule has 0 unspecified atom stereocenters. The molecule has 16 heavy (non-hydrogen) atoms. The lowest BCUT2D eigenvalue weighted by molar-refractivity contribution is 0.230. The Labute approximate surface area is 100 Å². The van der Waals surface area contributed by atoms with Gasteiger partial charge in [0.2, 0.25) is 0 Å². The minimum Gasteiger partial charge on any atom is -0.314 e. The van der Waals surface area contributed by atoms with Crippen LogP contribution in [0.1, 0.15) is 5.56 Å². The van der Waals surface area contributed by atoms with Gasteiger partial charge in [-0.3, -0.25) is 4.90 Å². The van der Waals surface area contributed by atoms with Crippen molar-refractivity contribution < 1.29 is 4.39 Å². The highest BCUT2D eigenvalue weighted by Gasteiger charge is 2.12. The van der Waals surface area contributed by atoms with Gasteiger partial charge in [-0.05, 0) is 18.4 Å². The molecule has 1 aliphatic rings. The van der Waals surface area contributed by atoms with E-state index in [0.717, 1.165) is 43.2 Å². The normalized spacial score (nSPS) is 17.6. The van der Waals surface area contributed by atoms with E-state index in [1.54, 1.807) is 17.8 Å². The summed E-state index contributed by atoms with van der Waals surface area (Å²) in [5, 5.41) is 3.29. The van der Waals surface area contributed by atoms with Crippen LogP contribution in [0.5, 0.6) is 0 Å². The van der Waals surface area contributed by atoms with E-state index >= 15 is 0 Å². The van der Waals surface area contributed by atoms with Crippen LogP contribution in [-0.4, -0.2) is 37.3 Å². The maximum absolute atomic E-state index is 13.7. The van der Waals surface area contributed by atoms with Gasteiger partial charge in [0.15, 0.2) is 0 Å². The van der Waals surface area contributed by atoms with E-state index in [2.05, 4.69) is 10.2 Å². The van der Waals surface area contributed by atoms with Crippen LogP contribution < -0.4 is 5.32 Å². The fourth-order valence-electron chi connectivity index (χ4n) is 1.89. The molecule has 0 aliphatic carbocycles. The van der Waals surface area contributed by atoms with E-state index in [9.17, 15) is 4.39 Å². The van der Waals surface area contributed by atoms with Crippen LogP contribution in [0.3, 0.4) is 0 Å². The zero-order chi connectivity index (χ0) is 11.4. The van der Waals surface area contributed by atoms with Crippen LogP contribution >= 0.6 is 11.8 Å². The third kappa shape index (κ3) is 2.97. The van der Waals surface area contributed by atoms with E-state index in [4.69, 9.17) is 0 Å². The highest BCUT2D eigenvalue weighted by Crippen LogP contribution is 2.19. The van der Waals surface area contributed by atoms with Crippen LogP contribution in [0.2, 0.25) is 0 Å². The summed E-state index contributed by atoms with van der Waals surface area (Å²) in [6.45, 7) is 4.74. The third-order valence-corrected chi connectivity index (χ3v) is 3.59. The van der Waals surface area contributed by atoms with E-state index < -0.39 is 0 Å². The van der Waals surface area contributed by atoms with Gasteiger partial charge in [0.25, 0.3) is 0 Å². The molecule has 1 heterocycles. The first-order chi connectivity index (χ1) is 7.79. The topological polar surface area (TPSA) is 15.3 Å². The number of hydrogen-bond donors (Lipinski definition) is 1. The van der Waals surface area contributed by atoms with Crippen molar-refractivity contribution in [3.8, 4) is 0 Å². The van der Waals surface area contributed by atoms with Gasteiger partial charge in [0.05, 0.1) is 0 Å². The first-order valence-electron chi connectivity index (χ1n) is 5.55. The van der Waals surface area contributed by atoms with Crippen molar-refractivity contribution in [1.82, 2.24) is 10.2 Å². The fraction of sp³-hybridized carbons (Fsp3) is 0.500. The monoisotopic (exact) mass is 240 g/mol. The average molecular weight is 240 g/mol. The number of piperazine rings is 1. The van der Waals surface area contributed by atoms with Crippen molar-refractivity contribution in [3.63, 3.8) is 0 Å². The molecule has 0 radical (unpaired) electrons. The first-order valence-corrected chi connectivity index (χ1v) is 6.77. The van der Waals surface area contributed by atoms with Gasteiger partial charge in [-0.15, -0.1) is 11.8 Å². The van der Waals surface area contributed by atoms with Gasteiger partial charge in [-0.25, -0.2) is 4.39 Å². The number of thioether (sulfide) groups is 1. The molecule has 2 nitrogen and oxygen atoms in total. The molecule has 0 amide bonds. The van der Waals surface area contributed by atoms with Gasteiger partial charge < -0.3 is 5.32 Å². The summed E-state index contributed by atoms with van der Waals surface area (Å²) < 4.78 is 13.7. The van der Waals surface area contributed by atoms with Gasteiger partial charge in [-0.1, -0.05) is 6.07 Å². The van der Waals surface area contributed by atoms with Crippen molar-refractivity contribution >= 4 is 11.8 Å². The molecule has 0 atom stereocenters. The molecule has 0 bridgehead atoms. The Morgan fingerprint density at radius 3 is 2.75 bits per heavy atom. The second-order valence-electron chi connectivity index (χ2n) is 3.98. The van der Waals surface area contributed by atoms with Crippen molar-refractivity contribution in [2.24, 2.45) is 0 Å². The molecule has 0 saturated carbocycles. The largest absolute Gasteiger partial charge is 0.314 e. The number of nitrogens with one attached hydrogen (secondary N) is 1. The molecule has 1 aliphatic heterocycles. The third-order valence-electron chi connectivity index (χ3n) is 2.86. The minimum atomic E-state index is -0.0783. The van der Waals surface area contributed by atoms with Crippen molar-refractivity contribution in [1.29, 1.82) is 0 Å². The number of nitrogens with zero attached hydrogens (tertiary/aromatic N) is 1. The number of rotatable bonds is 3. The number of benzene rings is 1. The van der Waals surface area contributed by atoms with E-state index in [-0.39, 0.29) is 5.82 Å². The summed E-state index contributed by atoms with van der Waals surface area (Å²) in [4.78, 5) is 3.27. The standard InChI is InChI=1S/C12H17FN2S/c1-16-11-3-2-10(12(13)8-11)9-15-6-4-14-5-7-15/h2-3,8,14H,4-7,9H2,1H3. The van der Waals surface area contributed by atoms with Crippen LogP contribution in [0.4, 0.5) is 4.39 Å². The molecule has 2 rings (SSSR count). The minimum absolute atomic E-state index is 0.0783. The average Bonchev–Trinajstić information content (AvgIpc) is 2.33. The fourth-order valence-corrected chi connectivity index (χ4v) is 2.32. The molecule has 4 heteroatoms. The smallest absolute Gasteiger partial charge is 0.128 e. The van der Waals surface area contributed by atoms with Crippen molar-refractivity contribution in [2.45, 2.75) is 11.4 Å². The molecule has 0 spiro atoms. The summed E-state index contributed by atoms with van der Waals surface area (Å²) >= 11 is 1.57. The summed E-state index contributed by atoms with van der Waals surface area (Å²) in [6.07, 6.45) is 1.96. The lowest BCUT2D eigenvalue weighted by atomic mass is 10.2. The molecule has 1 saturated heterocycles. The molecule has 1 aromatic rings. The lowest BCUT2D eigenvalue weighted by Gasteiger charge is -2.27. The molecule has 1 N–H and O–H groups in total. The van der Waals surface area contributed by atoms with Gasteiger partial charge in [-0.2, -0.15) is 0 Å². The molecule has 0 aromatic heterocycles. The Morgan fingerprint density at radius 2 is 2.12 bits per heavy atom. The highest BCUT2D eigenvalue weighted by molar-refractivity contribution is 7.98. The number of hydrogen-bond acceptors (Lipinski definition) is 3. The van der Waals surface area contributed by atoms with Crippen LogP contribution in [-0.2, 0) is 6.54 Å². The van der Waals surface area contributed by atoms with Gasteiger partial charge in [0, 0.05) is 43.2 Å². The van der Waals surface area contributed by atoms with Gasteiger partial charge in [0.1, 0.15) is 5.82 Å². The molecular weight excluding hydrogens is 223 g/mol. The molecule has 88 valence electrons. The van der Waals surface area contributed by atoms with Crippen LogP contribution in [0.25, 0.3) is 0 Å². The second-order valence-corrected chi connectivity index (χ2v) is 4.86. The summed E-state index contributed by atoms with van der Waals surface area (Å²) in [5.74, 6) is -0.0783.